The molecule has 0 aromatic heterocycles. The van der Waals surface area contributed by atoms with E-state index in [1.165, 1.54) is 24.3 Å². The predicted octanol–water partition coefficient (Wildman–Crippen LogP) is 4.83. The first-order chi connectivity index (χ1) is 15.4. The van der Waals surface area contributed by atoms with Crippen LogP contribution >= 0.6 is 15.9 Å². The van der Waals surface area contributed by atoms with Gasteiger partial charge in [0.25, 0.3) is 11.8 Å². The lowest BCUT2D eigenvalue weighted by molar-refractivity contribution is -0.122. The minimum atomic E-state index is -1.02. The van der Waals surface area contributed by atoms with Crippen LogP contribution in [0.15, 0.2) is 82.8 Å². The fourth-order valence-corrected chi connectivity index (χ4v) is 3.54. The number of carbonyl (C=O) groups excluding carboxylic acids is 3. The third-order valence-corrected chi connectivity index (χ3v) is 5.20. The van der Waals surface area contributed by atoms with Crippen LogP contribution in [-0.2, 0) is 16.2 Å². The second-order valence-corrected chi connectivity index (χ2v) is 7.78. The molecule has 1 aliphatic heterocycles. The maximum atomic E-state index is 14.2. The Kier molecular flexibility index (Phi) is 6.13. The summed E-state index contributed by atoms with van der Waals surface area (Å²) in [6.07, 6.45) is 1.32. The van der Waals surface area contributed by atoms with Crippen molar-refractivity contribution in [3.05, 3.63) is 99.8 Å². The summed E-state index contributed by atoms with van der Waals surface area (Å²) >= 11 is 3.37. The summed E-state index contributed by atoms with van der Waals surface area (Å²) in [5, 5.41) is 2.09. The number of halogens is 2. The number of carbonyl (C=O) groups is 3. The van der Waals surface area contributed by atoms with E-state index in [4.69, 9.17) is 4.74 Å². The molecule has 1 saturated heterocycles. The number of urea groups is 1. The molecule has 8 heteroatoms. The van der Waals surface area contributed by atoms with E-state index in [1.807, 2.05) is 30.3 Å². The number of hydrogen-bond donors (Lipinski definition) is 1. The Balaban J connectivity index is 1.69. The Morgan fingerprint density at radius 2 is 1.69 bits per heavy atom. The molecule has 4 rings (SSSR count). The zero-order valence-corrected chi connectivity index (χ0v) is 18.1. The highest BCUT2D eigenvalue weighted by Gasteiger charge is 2.38. The first kappa shape index (κ1) is 21.5. The van der Waals surface area contributed by atoms with Gasteiger partial charge in [0.1, 0.15) is 23.7 Å². The molecule has 0 bridgehead atoms. The Bertz CT molecular complexity index is 1240. The number of nitrogens with zero attached hydrogens (tertiary/aromatic N) is 1. The maximum absolute atomic E-state index is 14.2. The van der Waals surface area contributed by atoms with Crippen LogP contribution in [0, 0.1) is 5.82 Å². The average Bonchev–Trinajstić information content (AvgIpc) is 2.78. The number of barbiturate groups is 1. The Morgan fingerprint density at radius 3 is 2.44 bits per heavy atom. The van der Waals surface area contributed by atoms with Gasteiger partial charge in [0, 0.05) is 10.0 Å². The number of amides is 4. The van der Waals surface area contributed by atoms with Gasteiger partial charge in [0.2, 0.25) is 0 Å². The molecule has 160 valence electrons. The SMILES string of the molecule is O=C1NC(=O)N(c2ccccc2F)C(=O)/C1=C\c1cc(Br)ccc1OCc1ccccc1. The van der Waals surface area contributed by atoms with E-state index in [-0.39, 0.29) is 17.9 Å². The molecule has 4 amide bonds. The molecule has 0 atom stereocenters. The van der Waals surface area contributed by atoms with E-state index in [9.17, 15) is 18.8 Å². The van der Waals surface area contributed by atoms with Crippen LogP contribution in [0.2, 0.25) is 0 Å². The largest absolute Gasteiger partial charge is 0.488 e. The number of ether oxygens (including phenoxy) is 1. The first-order valence-electron chi connectivity index (χ1n) is 9.56. The number of benzene rings is 3. The predicted molar refractivity (Wildman–Crippen MR) is 120 cm³/mol. The van der Waals surface area contributed by atoms with E-state index < -0.39 is 23.7 Å². The summed E-state index contributed by atoms with van der Waals surface area (Å²) in [6, 6.07) is 19.0. The van der Waals surface area contributed by atoms with Crippen molar-refractivity contribution in [3.63, 3.8) is 0 Å². The van der Waals surface area contributed by atoms with Gasteiger partial charge in [-0.3, -0.25) is 14.9 Å². The quantitative estimate of drug-likeness (QED) is 0.407. The van der Waals surface area contributed by atoms with Crippen molar-refractivity contribution in [2.24, 2.45) is 0 Å². The van der Waals surface area contributed by atoms with E-state index >= 15 is 0 Å². The van der Waals surface area contributed by atoms with E-state index in [1.54, 1.807) is 18.2 Å². The molecule has 3 aromatic rings. The van der Waals surface area contributed by atoms with Crippen molar-refractivity contribution in [2.75, 3.05) is 4.90 Å². The van der Waals surface area contributed by atoms with Gasteiger partial charge in [-0.05, 0) is 42.0 Å². The fourth-order valence-electron chi connectivity index (χ4n) is 3.16. The minimum Gasteiger partial charge on any atom is -0.488 e. The molecule has 1 N–H and O–H groups in total. The van der Waals surface area contributed by atoms with Gasteiger partial charge < -0.3 is 4.74 Å². The molecule has 1 heterocycles. The molecule has 1 aliphatic rings. The Labute approximate surface area is 191 Å². The minimum absolute atomic E-state index is 0.247. The molecule has 0 aliphatic carbocycles. The lowest BCUT2D eigenvalue weighted by Gasteiger charge is -2.26. The molecule has 6 nitrogen and oxygen atoms in total. The van der Waals surface area contributed by atoms with Crippen LogP contribution in [0.5, 0.6) is 5.75 Å². The van der Waals surface area contributed by atoms with Crippen LogP contribution in [0.3, 0.4) is 0 Å². The molecular weight excluding hydrogens is 479 g/mol. The Hall–Kier alpha value is -3.78. The molecule has 0 unspecified atom stereocenters. The molecule has 3 aromatic carbocycles. The molecule has 0 saturated carbocycles. The van der Waals surface area contributed by atoms with E-state index in [0.717, 1.165) is 11.6 Å². The van der Waals surface area contributed by atoms with Crippen molar-refractivity contribution in [2.45, 2.75) is 6.61 Å². The maximum Gasteiger partial charge on any atom is 0.336 e. The summed E-state index contributed by atoms with van der Waals surface area (Å²) in [7, 11) is 0. The first-order valence-corrected chi connectivity index (χ1v) is 10.4. The fraction of sp³-hybridized carbons (Fsp3) is 0.0417. The highest BCUT2D eigenvalue weighted by molar-refractivity contribution is 9.10. The summed E-state index contributed by atoms with van der Waals surface area (Å²) in [5.74, 6) is -2.14. The lowest BCUT2D eigenvalue weighted by atomic mass is 10.1. The van der Waals surface area contributed by atoms with Crippen molar-refractivity contribution < 1.29 is 23.5 Å². The van der Waals surface area contributed by atoms with Gasteiger partial charge in [-0.1, -0.05) is 58.4 Å². The smallest absolute Gasteiger partial charge is 0.336 e. The standard InChI is InChI=1S/C24H16BrFN2O4/c25-17-10-11-21(32-14-15-6-2-1-3-7-15)16(12-17)13-18-22(29)27-24(31)28(23(18)30)20-9-5-4-8-19(20)26/h1-13H,14H2,(H,27,29,31)/b18-13-. The highest BCUT2D eigenvalue weighted by Crippen LogP contribution is 2.29. The number of hydrogen-bond acceptors (Lipinski definition) is 4. The van der Waals surface area contributed by atoms with Gasteiger partial charge >= 0.3 is 6.03 Å². The summed E-state index contributed by atoms with van der Waals surface area (Å²) in [5.41, 5.74) is 0.812. The number of nitrogens with one attached hydrogen (secondary N) is 1. The van der Waals surface area contributed by atoms with Crippen LogP contribution < -0.4 is 15.0 Å². The van der Waals surface area contributed by atoms with Crippen molar-refractivity contribution in [1.29, 1.82) is 0 Å². The topological polar surface area (TPSA) is 75.7 Å². The average molecular weight is 495 g/mol. The van der Waals surface area contributed by atoms with E-state index in [2.05, 4.69) is 21.2 Å². The number of imide groups is 2. The highest BCUT2D eigenvalue weighted by atomic mass is 79.9. The van der Waals surface area contributed by atoms with Crippen LogP contribution in [-0.4, -0.2) is 17.8 Å². The third kappa shape index (κ3) is 4.45. The van der Waals surface area contributed by atoms with Crippen molar-refractivity contribution >= 4 is 45.5 Å². The number of rotatable bonds is 5. The number of anilines is 1. The molecule has 32 heavy (non-hydrogen) atoms. The number of para-hydroxylation sites is 1. The lowest BCUT2D eigenvalue weighted by Crippen LogP contribution is -2.54. The van der Waals surface area contributed by atoms with Crippen LogP contribution in [0.1, 0.15) is 11.1 Å². The molecule has 1 fully saturated rings. The van der Waals surface area contributed by atoms with Crippen LogP contribution in [0.4, 0.5) is 14.9 Å². The monoisotopic (exact) mass is 494 g/mol. The zero-order chi connectivity index (χ0) is 22.7. The van der Waals surface area contributed by atoms with Gasteiger partial charge in [0.15, 0.2) is 0 Å². The normalized spacial score (nSPS) is 15.1. The van der Waals surface area contributed by atoms with Gasteiger partial charge in [0.05, 0.1) is 5.69 Å². The van der Waals surface area contributed by atoms with E-state index in [0.29, 0.717) is 20.7 Å². The molecule has 0 radical (unpaired) electrons. The van der Waals surface area contributed by atoms with Crippen molar-refractivity contribution in [1.82, 2.24) is 5.32 Å². The Morgan fingerprint density at radius 1 is 0.969 bits per heavy atom. The van der Waals surface area contributed by atoms with Crippen LogP contribution in [0.25, 0.3) is 6.08 Å². The second-order valence-electron chi connectivity index (χ2n) is 6.87. The summed E-state index contributed by atoms with van der Waals surface area (Å²) < 4.78 is 20.8. The van der Waals surface area contributed by atoms with Gasteiger partial charge in [-0.2, -0.15) is 0 Å². The molecular formula is C24H16BrFN2O4. The second kappa shape index (κ2) is 9.15. The molecule has 0 spiro atoms. The zero-order valence-electron chi connectivity index (χ0n) is 16.5. The van der Waals surface area contributed by atoms with Gasteiger partial charge in [-0.25, -0.2) is 14.1 Å². The summed E-state index contributed by atoms with van der Waals surface area (Å²) in [4.78, 5) is 38.4. The summed E-state index contributed by atoms with van der Waals surface area (Å²) in [6.45, 7) is 0.276. The van der Waals surface area contributed by atoms with Crippen molar-refractivity contribution in [3.8, 4) is 5.75 Å². The third-order valence-electron chi connectivity index (χ3n) is 4.70. The van der Waals surface area contributed by atoms with Gasteiger partial charge in [-0.15, -0.1) is 0 Å².